The maximum absolute atomic E-state index is 6.18. The molecule has 0 spiro atoms. The summed E-state index contributed by atoms with van der Waals surface area (Å²) in [5, 5.41) is 7.84. The van der Waals surface area contributed by atoms with Crippen LogP contribution in [0.1, 0.15) is 17.3 Å². The van der Waals surface area contributed by atoms with Crippen molar-refractivity contribution in [3.63, 3.8) is 0 Å². The summed E-state index contributed by atoms with van der Waals surface area (Å²) in [7, 11) is 1.82. The third-order valence-corrected chi connectivity index (χ3v) is 3.39. The maximum Gasteiger partial charge on any atom is 0.153 e. The van der Waals surface area contributed by atoms with E-state index >= 15 is 0 Å². The fourth-order valence-electron chi connectivity index (χ4n) is 1.53. The number of aromatic nitrogens is 3. The van der Waals surface area contributed by atoms with Crippen LogP contribution in [0.4, 0.5) is 0 Å². The summed E-state index contributed by atoms with van der Waals surface area (Å²) in [6.07, 6.45) is 0. The van der Waals surface area contributed by atoms with Crippen molar-refractivity contribution in [2.24, 2.45) is 12.8 Å². The molecule has 4 nitrogen and oxygen atoms in total. The number of hydrogen-bond acceptors (Lipinski definition) is 3. The first-order valence-electron chi connectivity index (χ1n) is 4.65. The molecule has 2 rings (SSSR count). The second kappa shape index (κ2) is 4.65. The molecule has 16 heavy (non-hydrogen) atoms. The molecule has 1 unspecified atom stereocenters. The maximum atomic E-state index is 6.18. The normalized spacial score (nSPS) is 12.8. The van der Waals surface area contributed by atoms with Gasteiger partial charge < -0.3 is 5.73 Å². The Morgan fingerprint density at radius 1 is 1.38 bits per heavy atom. The van der Waals surface area contributed by atoms with E-state index in [0.717, 1.165) is 15.7 Å². The predicted molar refractivity (Wildman–Crippen MR) is 68.9 cm³/mol. The molecular weight excluding hydrogens is 336 g/mol. The van der Waals surface area contributed by atoms with Crippen molar-refractivity contribution in [1.82, 2.24) is 15.0 Å². The Morgan fingerprint density at radius 2 is 2.12 bits per heavy atom. The number of nitrogens with zero attached hydrogens (tertiary/aromatic N) is 3. The average Bonchev–Trinajstić information content (AvgIpc) is 2.58. The van der Waals surface area contributed by atoms with Crippen LogP contribution in [0, 0.1) is 0 Å². The number of aryl methyl sites for hydroxylation is 1. The molecule has 0 aliphatic heterocycles. The van der Waals surface area contributed by atoms with Gasteiger partial charge in [-0.3, -0.25) is 0 Å². The minimum absolute atomic E-state index is 0.244. The van der Waals surface area contributed by atoms with Crippen molar-refractivity contribution >= 4 is 31.9 Å². The highest BCUT2D eigenvalue weighted by molar-refractivity contribution is 9.10. The van der Waals surface area contributed by atoms with Crippen LogP contribution >= 0.6 is 31.9 Å². The summed E-state index contributed by atoms with van der Waals surface area (Å²) in [4.78, 5) is 0. The van der Waals surface area contributed by atoms with E-state index in [0.29, 0.717) is 4.60 Å². The van der Waals surface area contributed by atoms with Gasteiger partial charge in [0.1, 0.15) is 0 Å². The summed E-state index contributed by atoms with van der Waals surface area (Å²) < 4.78 is 3.37. The number of nitrogens with two attached hydrogens (primary N) is 1. The van der Waals surface area contributed by atoms with Crippen LogP contribution in [0.2, 0.25) is 0 Å². The first kappa shape index (κ1) is 11.8. The fourth-order valence-corrected chi connectivity index (χ4v) is 2.52. The number of halogens is 2. The Labute approximate surface area is 110 Å². The van der Waals surface area contributed by atoms with Crippen molar-refractivity contribution in [1.29, 1.82) is 0 Å². The summed E-state index contributed by atoms with van der Waals surface area (Å²) in [6.45, 7) is 0. The van der Waals surface area contributed by atoms with Crippen molar-refractivity contribution in [2.75, 3.05) is 0 Å². The van der Waals surface area contributed by atoms with Crippen LogP contribution in [-0.2, 0) is 7.05 Å². The topological polar surface area (TPSA) is 56.7 Å². The summed E-state index contributed by atoms with van der Waals surface area (Å²) in [5.41, 5.74) is 8.05. The van der Waals surface area contributed by atoms with Gasteiger partial charge in [0, 0.05) is 11.5 Å². The Balaban J connectivity index is 2.43. The van der Waals surface area contributed by atoms with Gasteiger partial charge in [-0.25, -0.2) is 4.68 Å². The molecule has 6 heteroatoms. The quantitative estimate of drug-likeness (QED) is 0.909. The highest BCUT2D eigenvalue weighted by Gasteiger charge is 2.17. The van der Waals surface area contributed by atoms with Gasteiger partial charge >= 0.3 is 0 Å². The molecule has 0 aliphatic carbocycles. The number of benzene rings is 1. The molecule has 0 aliphatic rings. The van der Waals surface area contributed by atoms with E-state index in [-0.39, 0.29) is 6.04 Å². The van der Waals surface area contributed by atoms with E-state index in [2.05, 4.69) is 42.2 Å². The standard InChI is InChI=1S/C10H10Br2N4/c1-16-9(10(12)14-15-16)8(13)6-3-2-4-7(11)5-6/h2-5,8H,13H2,1H3. The molecule has 0 saturated heterocycles. The molecule has 2 aromatic rings. The Hall–Kier alpha value is -0.720. The molecule has 0 radical (unpaired) electrons. The molecule has 0 amide bonds. The minimum atomic E-state index is -0.244. The zero-order chi connectivity index (χ0) is 11.7. The van der Waals surface area contributed by atoms with E-state index in [1.165, 1.54) is 0 Å². The van der Waals surface area contributed by atoms with Gasteiger partial charge in [0.05, 0.1) is 11.7 Å². The first-order valence-corrected chi connectivity index (χ1v) is 6.24. The number of hydrogen-bond donors (Lipinski definition) is 1. The first-order chi connectivity index (χ1) is 7.59. The van der Waals surface area contributed by atoms with E-state index in [1.807, 2.05) is 31.3 Å². The zero-order valence-corrected chi connectivity index (χ0v) is 11.7. The van der Waals surface area contributed by atoms with E-state index < -0.39 is 0 Å². The van der Waals surface area contributed by atoms with Gasteiger partial charge in [-0.15, -0.1) is 5.10 Å². The Morgan fingerprint density at radius 3 is 2.69 bits per heavy atom. The van der Waals surface area contributed by atoms with Crippen LogP contribution in [0.15, 0.2) is 33.3 Å². The Bertz CT molecular complexity index is 490. The van der Waals surface area contributed by atoms with Crippen molar-refractivity contribution in [2.45, 2.75) is 6.04 Å². The van der Waals surface area contributed by atoms with Gasteiger partial charge in [0.2, 0.25) is 0 Å². The summed E-state index contributed by atoms with van der Waals surface area (Å²) in [5.74, 6) is 0. The molecule has 1 aromatic heterocycles. The van der Waals surface area contributed by atoms with Crippen LogP contribution < -0.4 is 5.73 Å². The second-order valence-electron chi connectivity index (χ2n) is 3.42. The predicted octanol–water partition coefficient (Wildman–Crippen LogP) is 2.39. The molecule has 1 atom stereocenters. The van der Waals surface area contributed by atoms with Gasteiger partial charge in [-0.1, -0.05) is 33.3 Å². The minimum Gasteiger partial charge on any atom is -0.319 e. The largest absolute Gasteiger partial charge is 0.319 e. The lowest BCUT2D eigenvalue weighted by atomic mass is 10.1. The van der Waals surface area contributed by atoms with Gasteiger partial charge in [0.25, 0.3) is 0 Å². The molecule has 0 saturated carbocycles. The molecule has 0 bridgehead atoms. The van der Waals surface area contributed by atoms with Crippen LogP contribution in [-0.4, -0.2) is 15.0 Å². The smallest absolute Gasteiger partial charge is 0.153 e. The average molecular weight is 346 g/mol. The van der Waals surface area contributed by atoms with Crippen LogP contribution in [0.25, 0.3) is 0 Å². The van der Waals surface area contributed by atoms with Gasteiger partial charge in [0.15, 0.2) is 4.60 Å². The third-order valence-electron chi connectivity index (χ3n) is 2.33. The molecule has 1 aromatic carbocycles. The lowest BCUT2D eigenvalue weighted by Gasteiger charge is -2.12. The van der Waals surface area contributed by atoms with Crippen molar-refractivity contribution in [3.8, 4) is 0 Å². The highest BCUT2D eigenvalue weighted by Crippen LogP contribution is 2.26. The lowest BCUT2D eigenvalue weighted by Crippen LogP contribution is -2.16. The highest BCUT2D eigenvalue weighted by atomic mass is 79.9. The molecule has 1 heterocycles. The third kappa shape index (κ3) is 2.18. The van der Waals surface area contributed by atoms with Crippen LogP contribution in [0.3, 0.4) is 0 Å². The monoisotopic (exact) mass is 344 g/mol. The Kier molecular flexibility index (Phi) is 3.41. The van der Waals surface area contributed by atoms with E-state index in [1.54, 1.807) is 4.68 Å². The summed E-state index contributed by atoms with van der Waals surface area (Å²) >= 11 is 6.77. The molecule has 0 fully saturated rings. The zero-order valence-electron chi connectivity index (χ0n) is 8.56. The lowest BCUT2D eigenvalue weighted by molar-refractivity contribution is 0.650. The van der Waals surface area contributed by atoms with E-state index in [9.17, 15) is 0 Å². The van der Waals surface area contributed by atoms with Gasteiger partial charge in [-0.2, -0.15) is 0 Å². The SMILES string of the molecule is Cn1nnc(Br)c1C(N)c1cccc(Br)c1. The van der Waals surface area contributed by atoms with E-state index in [4.69, 9.17) is 5.73 Å². The van der Waals surface area contributed by atoms with Crippen molar-refractivity contribution < 1.29 is 0 Å². The van der Waals surface area contributed by atoms with Gasteiger partial charge in [-0.05, 0) is 33.6 Å². The second-order valence-corrected chi connectivity index (χ2v) is 5.09. The fraction of sp³-hybridized carbons (Fsp3) is 0.200. The molecular formula is C10H10Br2N4. The summed E-state index contributed by atoms with van der Waals surface area (Å²) in [6, 6.07) is 7.65. The van der Waals surface area contributed by atoms with Crippen molar-refractivity contribution in [3.05, 3.63) is 44.6 Å². The van der Waals surface area contributed by atoms with Crippen LogP contribution in [0.5, 0.6) is 0 Å². The number of rotatable bonds is 2. The molecule has 84 valence electrons. The molecule has 2 N–H and O–H groups in total.